The summed E-state index contributed by atoms with van der Waals surface area (Å²) in [6.07, 6.45) is 3.94. The predicted octanol–water partition coefficient (Wildman–Crippen LogP) is 0.278. The van der Waals surface area contributed by atoms with E-state index in [9.17, 15) is 4.79 Å². The number of thioether (sulfide) groups is 1. The number of H-pyrrole nitrogens is 1. The number of morpholine rings is 1. The van der Waals surface area contributed by atoms with E-state index in [1.165, 1.54) is 4.52 Å². The van der Waals surface area contributed by atoms with Gasteiger partial charge in [-0.25, -0.2) is 9.78 Å². The Morgan fingerprint density at radius 2 is 2.50 bits per heavy atom. The van der Waals surface area contributed by atoms with Gasteiger partial charge >= 0.3 is 5.69 Å². The van der Waals surface area contributed by atoms with E-state index >= 15 is 0 Å². The van der Waals surface area contributed by atoms with Gasteiger partial charge < -0.3 is 10.1 Å². The Kier molecular flexibility index (Phi) is 4.34. The van der Waals surface area contributed by atoms with Crippen LogP contribution in [0.25, 0.3) is 5.65 Å². The minimum absolute atomic E-state index is 0.248. The second kappa shape index (κ2) is 6.38. The number of nitrogens with zero attached hydrogens (tertiary/aromatic N) is 3. The first-order chi connectivity index (χ1) is 9.83. The Balaban J connectivity index is 1.50. The van der Waals surface area contributed by atoms with E-state index in [0.717, 1.165) is 38.3 Å². The zero-order valence-electron chi connectivity index (χ0n) is 11.0. The molecule has 1 aliphatic rings. The van der Waals surface area contributed by atoms with Crippen LogP contribution in [0, 0.1) is 0 Å². The van der Waals surface area contributed by atoms with Crippen LogP contribution in [0.1, 0.15) is 12.8 Å². The molecule has 1 unspecified atom stereocenters. The molecule has 0 bridgehead atoms. The lowest BCUT2D eigenvalue weighted by molar-refractivity contribution is 0.0234. The van der Waals surface area contributed by atoms with Gasteiger partial charge in [-0.3, -0.25) is 4.98 Å². The molecule has 108 valence electrons. The van der Waals surface area contributed by atoms with Gasteiger partial charge in [-0.1, -0.05) is 11.8 Å². The van der Waals surface area contributed by atoms with Gasteiger partial charge in [0.2, 0.25) is 0 Å². The number of fused-ring (bicyclic) bond motifs is 1. The predicted molar refractivity (Wildman–Crippen MR) is 76.2 cm³/mol. The molecule has 8 heteroatoms. The van der Waals surface area contributed by atoms with E-state index in [4.69, 9.17) is 4.74 Å². The number of aromatic nitrogens is 4. The van der Waals surface area contributed by atoms with Crippen LogP contribution in [-0.4, -0.2) is 51.1 Å². The first kappa shape index (κ1) is 13.6. The van der Waals surface area contributed by atoms with Gasteiger partial charge in [0.15, 0.2) is 10.8 Å². The number of hydrogen-bond acceptors (Lipinski definition) is 6. The second-order valence-corrected chi connectivity index (χ2v) is 5.72. The largest absolute Gasteiger partial charge is 0.376 e. The van der Waals surface area contributed by atoms with Gasteiger partial charge in [-0.15, -0.1) is 0 Å². The first-order valence-electron chi connectivity index (χ1n) is 6.72. The summed E-state index contributed by atoms with van der Waals surface area (Å²) in [6, 6.07) is 1.72. The van der Waals surface area contributed by atoms with Crippen LogP contribution in [0.3, 0.4) is 0 Å². The van der Waals surface area contributed by atoms with Crippen LogP contribution in [0.5, 0.6) is 0 Å². The quantitative estimate of drug-likeness (QED) is 0.609. The van der Waals surface area contributed by atoms with E-state index in [-0.39, 0.29) is 5.69 Å². The average Bonchev–Trinajstić information content (AvgIpc) is 2.94. The van der Waals surface area contributed by atoms with Gasteiger partial charge in [0.1, 0.15) is 0 Å². The molecule has 0 aliphatic carbocycles. The van der Waals surface area contributed by atoms with Crippen molar-refractivity contribution in [3.63, 3.8) is 0 Å². The minimum atomic E-state index is -0.248. The summed E-state index contributed by atoms with van der Waals surface area (Å²) >= 11 is 1.56. The van der Waals surface area contributed by atoms with Crippen molar-refractivity contribution in [3.8, 4) is 0 Å². The second-order valence-electron chi connectivity index (χ2n) is 4.64. The van der Waals surface area contributed by atoms with Crippen molar-refractivity contribution in [1.29, 1.82) is 0 Å². The van der Waals surface area contributed by atoms with Crippen molar-refractivity contribution >= 4 is 17.4 Å². The summed E-state index contributed by atoms with van der Waals surface area (Å²) in [6.45, 7) is 2.67. The zero-order chi connectivity index (χ0) is 13.8. The fourth-order valence-electron chi connectivity index (χ4n) is 2.17. The molecule has 2 aromatic heterocycles. The van der Waals surface area contributed by atoms with E-state index in [0.29, 0.717) is 16.9 Å². The Labute approximate surface area is 120 Å². The summed E-state index contributed by atoms with van der Waals surface area (Å²) < 4.78 is 6.90. The van der Waals surface area contributed by atoms with Gasteiger partial charge in [0.25, 0.3) is 0 Å². The molecule has 1 saturated heterocycles. The molecule has 1 atom stereocenters. The highest BCUT2D eigenvalue weighted by Crippen LogP contribution is 2.15. The van der Waals surface area contributed by atoms with Crippen LogP contribution >= 0.6 is 11.8 Å². The van der Waals surface area contributed by atoms with Crippen LogP contribution in [0.15, 0.2) is 22.2 Å². The highest BCUT2D eigenvalue weighted by molar-refractivity contribution is 7.99. The molecule has 0 amide bonds. The molecule has 1 aliphatic heterocycles. The van der Waals surface area contributed by atoms with Crippen molar-refractivity contribution in [1.82, 2.24) is 24.9 Å². The van der Waals surface area contributed by atoms with Crippen molar-refractivity contribution in [2.45, 2.75) is 24.1 Å². The lowest BCUT2D eigenvalue weighted by Gasteiger charge is -2.23. The fraction of sp³-hybridized carbons (Fsp3) is 0.583. The van der Waals surface area contributed by atoms with Gasteiger partial charge in [-0.05, 0) is 12.8 Å². The summed E-state index contributed by atoms with van der Waals surface area (Å²) in [7, 11) is 0. The van der Waals surface area contributed by atoms with Crippen molar-refractivity contribution in [2.24, 2.45) is 0 Å². The van der Waals surface area contributed by atoms with Crippen molar-refractivity contribution < 1.29 is 4.74 Å². The van der Waals surface area contributed by atoms with Gasteiger partial charge in [0.05, 0.1) is 18.9 Å². The smallest absolute Gasteiger partial charge is 0.350 e. The summed E-state index contributed by atoms with van der Waals surface area (Å²) in [5.74, 6) is 0.910. The molecular weight excluding hydrogens is 278 g/mol. The molecule has 3 heterocycles. The Hall–Kier alpha value is -1.38. The minimum Gasteiger partial charge on any atom is -0.376 e. The molecule has 1 fully saturated rings. The molecule has 2 aromatic rings. The maximum Gasteiger partial charge on any atom is 0.350 e. The molecular formula is C12H17N5O2S. The Morgan fingerprint density at radius 1 is 1.55 bits per heavy atom. The number of rotatable bonds is 5. The summed E-state index contributed by atoms with van der Waals surface area (Å²) in [4.78, 5) is 18.8. The third-order valence-electron chi connectivity index (χ3n) is 3.16. The highest BCUT2D eigenvalue weighted by atomic mass is 32.2. The van der Waals surface area contributed by atoms with Crippen LogP contribution in [0.4, 0.5) is 0 Å². The third-order valence-corrected chi connectivity index (χ3v) is 4.12. The lowest BCUT2D eigenvalue weighted by atomic mass is 10.2. The standard InChI is InChI=1S/C12H17N5O2S/c18-12-16-11(15-10-3-4-14-17(10)12)20-7-1-2-9-8-13-5-6-19-9/h3-4,9,13H,1-2,5-8H2,(H,15,16,18). The molecule has 20 heavy (non-hydrogen) atoms. The Bertz CT molecular complexity index is 620. The number of nitrogens with one attached hydrogen (secondary N) is 2. The van der Waals surface area contributed by atoms with Crippen LogP contribution in [-0.2, 0) is 4.74 Å². The van der Waals surface area contributed by atoms with E-state index in [1.807, 2.05) is 0 Å². The molecule has 2 N–H and O–H groups in total. The fourth-order valence-corrected chi connectivity index (χ4v) is 2.99. The molecule has 7 nitrogen and oxygen atoms in total. The van der Waals surface area contributed by atoms with Gasteiger partial charge in [-0.2, -0.15) is 9.61 Å². The SMILES string of the molecule is O=c1[nH]c(SCCCC2CNCCO2)nc2ccnn12. The van der Waals surface area contributed by atoms with Crippen LogP contribution in [0.2, 0.25) is 0 Å². The molecule has 0 spiro atoms. The lowest BCUT2D eigenvalue weighted by Crippen LogP contribution is -2.38. The Morgan fingerprint density at radius 3 is 3.35 bits per heavy atom. The number of hydrogen-bond donors (Lipinski definition) is 2. The monoisotopic (exact) mass is 295 g/mol. The number of aromatic amines is 1. The summed E-state index contributed by atoms with van der Waals surface area (Å²) in [5.41, 5.74) is 0.332. The van der Waals surface area contributed by atoms with E-state index in [2.05, 4.69) is 20.4 Å². The zero-order valence-corrected chi connectivity index (χ0v) is 11.9. The summed E-state index contributed by atoms with van der Waals surface area (Å²) in [5, 5.41) is 7.86. The molecule has 0 radical (unpaired) electrons. The van der Waals surface area contributed by atoms with E-state index in [1.54, 1.807) is 24.0 Å². The number of ether oxygens (including phenoxy) is 1. The molecule has 3 rings (SSSR count). The molecule has 0 aromatic carbocycles. The van der Waals surface area contributed by atoms with Crippen molar-refractivity contribution in [3.05, 3.63) is 22.7 Å². The maximum absolute atomic E-state index is 11.7. The van der Waals surface area contributed by atoms with Crippen molar-refractivity contribution in [2.75, 3.05) is 25.4 Å². The first-order valence-corrected chi connectivity index (χ1v) is 7.71. The van der Waals surface area contributed by atoms with E-state index < -0.39 is 0 Å². The molecule has 0 saturated carbocycles. The normalized spacial score (nSPS) is 19.5. The third kappa shape index (κ3) is 3.20. The highest BCUT2D eigenvalue weighted by Gasteiger charge is 2.12. The van der Waals surface area contributed by atoms with Crippen LogP contribution < -0.4 is 11.0 Å². The van der Waals surface area contributed by atoms with Gasteiger partial charge in [0, 0.05) is 24.9 Å². The maximum atomic E-state index is 11.7. The average molecular weight is 295 g/mol. The topological polar surface area (TPSA) is 84.3 Å².